The molecule has 138 valence electrons. The van der Waals surface area contributed by atoms with Crippen LogP contribution in [-0.2, 0) is 6.54 Å². The Morgan fingerprint density at radius 3 is 2.56 bits per heavy atom. The van der Waals surface area contributed by atoms with E-state index >= 15 is 0 Å². The van der Waals surface area contributed by atoms with Crippen molar-refractivity contribution in [2.45, 2.75) is 26.5 Å². The van der Waals surface area contributed by atoms with E-state index in [0.717, 1.165) is 11.3 Å². The normalized spacial score (nSPS) is 10.5. The number of nitrogens with one attached hydrogen (secondary N) is 2. The van der Waals surface area contributed by atoms with Gasteiger partial charge in [0.2, 0.25) is 0 Å². The summed E-state index contributed by atoms with van der Waals surface area (Å²) >= 11 is 0. The summed E-state index contributed by atoms with van der Waals surface area (Å²) < 4.78 is 5.65. The van der Waals surface area contributed by atoms with Gasteiger partial charge in [-0.05, 0) is 43.7 Å². The quantitative estimate of drug-likeness (QED) is 0.668. The zero-order chi connectivity index (χ0) is 19.1. The summed E-state index contributed by atoms with van der Waals surface area (Å²) in [5.41, 5.74) is 2.27. The number of carbonyl (C=O) groups excluding carboxylic acids is 1. The van der Waals surface area contributed by atoms with Crippen molar-refractivity contribution >= 4 is 17.4 Å². The molecule has 7 nitrogen and oxygen atoms in total. The fraction of sp³-hybridized carbons (Fsp3) is 0.200. The monoisotopic (exact) mass is 363 g/mol. The zero-order valence-corrected chi connectivity index (χ0v) is 15.2. The Bertz CT molecular complexity index is 882. The van der Waals surface area contributed by atoms with Crippen LogP contribution < -0.4 is 15.4 Å². The first-order chi connectivity index (χ1) is 13.1. The van der Waals surface area contributed by atoms with E-state index < -0.39 is 0 Å². The van der Waals surface area contributed by atoms with Gasteiger partial charge >= 0.3 is 0 Å². The van der Waals surface area contributed by atoms with Crippen LogP contribution in [0.3, 0.4) is 0 Å². The molecule has 7 heteroatoms. The van der Waals surface area contributed by atoms with Crippen LogP contribution in [0.4, 0.5) is 11.5 Å². The van der Waals surface area contributed by atoms with Gasteiger partial charge in [0.25, 0.3) is 11.8 Å². The molecule has 0 atom stereocenters. The van der Waals surface area contributed by atoms with Gasteiger partial charge in [0.1, 0.15) is 0 Å². The first-order valence-corrected chi connectivity index (χ1v) is 8.63. The average molecular weight is 363 g/mol. The second-order valence-corrected chi connectivity index (χ2v) is 6.12. The highest BCUT2D eigenvalue weighted by molar-refractivity contribution is 6.03. The molecule has 0 bridgehead atoms. The summed E-state index contributed by atoms with van der Waals surface area (Å²) in [4.78, 5) is 24.6. The minimum absolute atomic E-state index is 0.0185. The molecule has 3 rings (SSSR count). The molecule has 0 saturated carbocycles. The van der Waals surface area contributed by atoms with E-state index in [9.17, 15) is 4.79 Å². The number of nitrogens with zero attached hydrogens (tertiary/aromatic N) is 3. The Morgan fingerprint density at radius 2 is 1.85 bits per heavy atom. The lowest BCUT2D eigenvalue weighted by atomic mass is 10.2. The number of aromatic nitrogens is 3. The number of pyridine rings is 1. The number of benzene rings is 1. The molecule has 0 unspecified atom stereocenters. The van der Waals surface area contributed by atoms with Gasteiger partial charge in [0.15, 0.2) is 5.82 Å². The molecule has 0 aliphatic rings. The van der Waals surface area contributed by atoms with Gasteiger partial charge in [-0.25, -0.2) is 9.97 Å². The third-order valence-corrected chi connectivity index (χ3v) is 3.61. The van der Waals surface area contributed by atoms with Gasteiger partial charge in [0, 0.05) is 37.0 Å². The Labute approximate surface area is 157 Å². The molecule has 3 aromatic rings. The molecule has 27 heavy (non-hydrogen) atoms. The number of rotatable bonds is 7. The van der Waals surface area contributed by atoms with Gasteiger partial charge in [-0.15, -0.1) is 0 Å². The highest BCUT2D eigenvalue weighted by atomic mass is 16.5. The maximum Gasteiger partial charge on any atom is 0.257 e. The van der Waals surface area contributed by atoms with Crippen molar-refractivity contribution < 1.29 is 9.53 Å². The largest absolute Gasteiger partial charge is 0.472 e. The molecule has 0 saturated heterocycles. The van der Waals surface area contributed by atoms with Gasteiger partial charge < -0.3 is 15.4 Å². The molecule has 0 radical (unpaired) electrons. The minimum Gasteiger partial charge on any atom is -0.472 e. The maximum absolute atomic E-state index is 12.1. The van der Waals surface area contributed by atoms with Crippen LogP contribution in [0.5, 0.6) is 5.88 Å². The number of ether oxygens (including phenoxy) is 1. The van der Waals surface area contributed by atoms with Gasteiger partial charge in [0.05, 0.1) is 11.7 Å². The van der Waals surface area contributed by atoms with Crippen LogP contribution in [0.1, 0.15) is 29.8 Å². The van der Waals surface area contributed by atoms with Crippen LogP contribution >= 0.6 is 0 Å². The SMILES string of the molecule is CC(C)Oc1nccnc1NCc1ccc(NC(=O)c2cccnc2)cc1. The summed E-state index contributed by atoms with van der Waals surface area (Å²) in [7, 11) is 0. The Balaban J connectivity index is 1.59. The van der Waals surface area contributed by atoms with E-state index in [1.54, 1.807) is 30.7 Å². The average Bonchev–Trinajstić information content (AvgIpc) is 2.68. The van der Waals surface area contributed by atoms with Crippen molar-refractivity contribution in [1.29, 1.82) is 0 Å². The van der Waals surface area contributed by atoms with E-state index in [1.165, 1.54) is 6.20 Å². The minimum atomic E-state index is -0.191. The zero-order valence-electron chi connectivity index (χ0n) is 15.2. The highest BCUT2D eigenvalue weighted by Gasteiger charge is 2.09. The summed E-state index contributed by atoms with van der Waals surface area (Å²) in [6.45, 7) is 4.44. The molecule has 0 spiro atoms. The van der Waals surface area contributed by atoms with Crippen LogP contribution in [0.25, 0.3) is 0 Å². The number of hydrogen-bond acceptors (Lipinski definition) is 6. The number of anilines is 2. The van der Waals surface area contributed by atoms with Crippen LogP contribution in [0.15, 0.2) is 61.2 Å². The van der Waals surface area contributed by atoms with Crippen molar-refractivity contribution in [2.75, 3.05) is 10.6 Å². The molecule has 0 fully saturated rings. The van der Waals surface area contributed by atoms with E-state index in [4.69, 9.17) is 4.74 Å². The molecule has 2 heterocycles. The van der Waals surface area contributed by atoms with E-state index in [0.29, 0.717) is 23.8 Å². The predicted molar refractivity (Wildman–Crippen MR) is 104 cm³/mol. The number of amides is 1. The summed E-state index contributed by atoms with van der Waals surface area (Å²) in [5.74, 6) is 0.886. The Kier molecular flexibility index (Phi) is 5.94. The molecular weight excluding hydrogens is 342 g/mol. The lowest BCUT2D eigenvalue weighted by molar-refractivity contribution is 0.102. The predicted octanol–water partition coefficient (Wildman–Crippen LogP) is 3.52. The van der Waals surface area contributed by atoms with Crippen molar-refractivity contribution in [1.82, 2.24) is 15.0 Å². The molecular formula is C20H21N5O2. The van der Waals surface area contributed by atoms with Crippen LogP contribution in [0.2, 0.25) is 0 Å². The standard InChI is InChI=1S/C20H21N5O2/c1-14(2)27-20-18(22-10-11-23-20)24-12-15-5-7-17(8-6-15)25-19(26)16-4-3-9-21-13-16/h3-11,13-14H,12H2,1-2H3,(H,22,24)(H,25,26). The van der Waals surface area contributed by atoms with Gasteiger partial charge in [-0.1, -0.05) is 12.1 Å². The lowest BCUT2D eigenvalue weighted by Gasteiger charge is -2.13. The smallest absolute Gasteiger partial charge is 0.257 e. The number of carbonyl (C=O) groups is 1. The van der Waals surface area contributed by atoms with E-state index in [-0.39, 0.29) is 12.0 Å². The van der Waals surface area contributed by atoms with Crippen molar-refractivity contribution in [2.24, 2.45) is 0 Å². The van der Waals surface area contributed by atoms with Gasteiger partial charge in [-0.3, -0.25) is 9.78 Å². The fourth-order valence-electron chi connectivity index (χ4n) is 2.35. The molecule has 2 N–H and O–H groups in total. The van der Waals surface area contributed by atoms with Crippen LogP contribution in [0, 0.1) is 0 Å². The van der Waals surface area contributed by atoms with E-state index in [1.807, 2.05) is 38.1 Å². The lowest BCUT2D eigenvalue weighted by Crippen LogP contribution is -2.12. The fourth-order valence-corrected chi connectivity index (χ4v) is 2.35. The van der Waals surface area contributed by atoms with E-state index in [2.05, 4.69) is 25.6 Å². The molecule has 1 aromatic carbocycles. The van der Waals surface area contributed by atoms with Crippen molar-refractivity contribution in [3.05, 3.63) is 72.3 Å². The molecule has 2 aromatic heterocycles. The van der Waals surface area contributed by atoms with Crippen molar-refractivity contribution in [3.63, 3.8) is 0 Å². The molecule has 0 aliphatic heterocycles. The summed E-state index contributed by atoms with van der Waals surface area (Å²) in [5, 5.41) is 6.08. The third-order valence-electron chi connectivity index (χ3n) is 3.61. The Hall–Kier alpha value is -3.48. The first kappa shape index (κ1) is 18.3. The Morgan fingerprint density at radius 1 is 1.07 bits per heavy atom. The second kappa shape index (κ2) is 8.75. The summed E-state index contributed by atoms with van der Waals surface area (Å²) in [6, 6.07) is 11.0. The molecule has 1 amide bonds. The summed E-state index contributed by atoms with van der Waals surface area (Å²) in [6.07, 6.45) is 6.40. The second-order valence-electron chi connectivity index (χ2n) is 6.12. The third kappa shape index (κ3) is 5.24. The highest BCUT2D eigenvalue weighted by Crippen LogP contribution is 2.20. The number of hydrogen-bond donors (Lipinski definition) is 2. The van der Waals surface area contributed by atoms with Gasteiger partial charge in [-0.2, -0.15) is 0 Å². The maximum atomic E-state index is 12.1. The van der Waals surface area contributed by atoms with Crippen LogP contribution in [-0.4, -0.2) is 27.0 Å². The topological polar surface area (TPSA) is 89.0 Å². The molecule has 0 aliphatic carbocycles. The first-order valence-electron chi connectivity index (χ1n) is 8.63. The van der Waals surface area contributed by atoms with Crippen molar-refractivity contribution in [3.8, 4) is 5.88 Å².